The quantitative estimate of drug-likeness (QED) is 0.745. The van der Waals surface area contributed by atoms with Crippen molar-refractivity contribution in [3.63, 3.8) is 0 Å². The van der Waals surface area contributed by atoms with Crippen LogP contribution in [-0.2, 0) is 0 Å². The first-order chi connectivity index (χ1) is 7.83. The third-order valence-corrected chi connectivity index (χ3v) is 3.79. The summed E-state index contributed by atoms with van der Waals surface area (Å²) in [7, 11) is 0. The van der Waals surface area contributed by atoms with E-state index < -0.39 is 0 Å². The molecule has 1 aromatic carbocycles. The molecule has 88 valence electrons. The Balaban J connectivity index is 1.94. The molecule has 0 amide bonds. The van der Waals surface area contributed by atoms with Crippen LogP contribution in [0.1, 0.15) is 24.4 Å². The van der Waals surface area contributed by atoms with Crippen molar-refractivity contribution in [2.45, 2.75) is 23.8 Å². The first kappa shape index (κ1) is 12.0. The van der Waals surface area contributed by atoms with Crippen LogP contribution >= 0.6 is 11.8 Å². The Morgan fingerprint density at radius 2 is 2.06 bits per heavy atom. The van der Waals surface area contributed by atoms with E-state index in [1.54, 1.807) is 11.8 Å². The number of aliphatic hydroxyl groups is 1. The van der Waals surface area contributed by atoms with Gasteiger partial charge in [-0.25, -0.2) is 0 Å². The highest BCUT2D eigenvalue weighted by molar-refractivity contribution is 7.98. The van der Waals surface area contributed by atoms with Gasteiger partial charge in [-0.05, 0) is 49.3 Å². The SMILES string of the molecule is CSc1ccc(C(CO)NCC2CC2)cc1. The number of aliphatic hydroxyl groups excluding tert-OH is 1. The van der Waals surface area contributed by atoms with Crippen molar-refractivity contribution in [1.29, 1.82) is 0 Å². The number of nitrogens with one attached hydrogen (secondary N) is 1. The summed E-state index contributed by atoms with van der Waals surface area (Å²) in [6, 6.07) is 8.53. The summed E-state index contributed by atoms with van der Waals surface area (Å²) in [5.74, 6) is 0.847. The third kappa shape index (κ3) is 3.24. The lowest BCUT2D eigenvalue weighted by Gasteiger charge is -2.16. The third-order valence-electron chi connectivity index (χ3n) is 3.05. The number of hydrogen-bond acceptors (Lipinski definition) is 3. The van der Waals surface area contributed by atoms with Gasteiger partial charge in [0.1, 0.15) is 0 Å². The summed E-state index contributed by atoms with van der Waals surface area (Å²) < 4.78 is 0. The molecule has 1 unspecified atom stereocenters. The van der Waals surface area contributed by atoms with Crippen LogP contribution in [0.15, 0.2) is 29.2 Å². The monoisotopic (exact) mass is 237 g/mol. The normalized spacial score (nSPS) is 17.4. The maximum absolute atomic E-state index is 9.37. The highest BCUT2D eigenvalue weighted by Crippen LogP contribution is 2.28. The van der Waals surface area contributed by atoms with E-state index in [2.05, 4.69) is 35.8 Å². The van der Waals surface area contributed by atoms with E-state index in [0.29, 0.717) is 0 Å². The Morgan fingerprint density at radius 3 is 2.56 bits per heavy atom. The molecule has 1 fully saturated rings. The maximum Gasteiger partial charge on any atom is 0.0626 e. The molecule has 1 saturated carbocycles. The highest BCUT2D eigenvalue weighted by Gasteiger charge is 2.22. The summed E-state index contributed by atoms with van der Waals surface area (Å²) in [5.41, 5.74) is 1.18. The molecule has 2 N–H and O–H groups in total. The van der Waals surface area contributed by atoms with Crippen LogP contribution in [0.3, 0.4) is 0 Å². The van der Waals surface area contributed by atoms with Gasteiger partial charge in [0, 0.05) is 4.90 Å². The molecule has 2 rings (SSSR count). The summed E-state index contributed by atoms with van der Waals surface area (Å²) >= 11 is 1.74. The van der Waals surface area contributed by atoms with Crippen LogP contribution in [0.5, 0.6) is 0 Å². The predicted octanol–water partition coefficient (Wildman–Crippen LogP) is 2.44. The van der Waals surface area contributed by atoms with Gasteiger partial charge >= 0.3 is 0 Å². The van der Waals surface area contributed by atoms with Crippen molar-refractivity contribution in [3.05, 3.63) is 29.8 Å². The molecule has 0 radical (unpaired) electrons. The first-order valence-corrected chi connectivity index (χ1v) is 7.04. The smallest absolute Gasteiger partial charge is 0.0626 e. The van der Waals surface area contributed by atoms with Crippen LogP contribution in [0.2, 0.25) is 0 Å². The molecule has 0 bridgehead atoms. The maximum atomic E-state index is 9.37. The topological polar surface area (TPSA) is 32.3 Å². The van der Waals surface area contributed by atoms with Gasteiger partial charge in [-0.2, -0.15) is 0 Å². The molecule has 0 spiro atoms. The van der Waals surface area contributed by atoms with Gasteiger partial charge in [-0.15, -0.1) is 11.8 Å². The summed E-state index contributed by atoms with van der Waals surface area (Å²) in [5, 5.41) is 12.8. The Morgan fingerprint density at radius 1 is 1.38 bits per heavy atom. The minimum absolute atomic E-state index is 0.0940. The van der Waals surface area contributed by atoms with Gasteiger partial charge in [0.2, 0.25) is 0 Å². The van der Waals surface area contributed by atoms with Gasteiger partial charge in [-0.1, -0.05) is 12.1 Å². The minimum Gasteiger partial charge on any atom is -0.394 e. The van der Waals surface area contributed by atoms with Crippen LogP contribution in [0.25, 0.3) is 0 Å². The average Bonchev–Trinajstić information content (AvgIpc) is 3.15. The molecule has 0 saturated heterocycles. The predicted molar refractivity (Wildman–Crippen MR) is 68.8 cm³/mol. The molecule has 3 heteroatoms. The Bertz CT molecular complexity index is 321. The Hall–Kier alpha value is -0.510. The lowest BCUT2D eigenvalue weighted by molar-refractivity contribution is 0.243. The average molecular weight is 237 g/mol. The zero-order valence-corrected chi connectivity index (χ0v) is 10.5. The Labute approximate surface area is 101 Å². The van der Waals surface area contributed by atoms with E-state index in [-0.39, 0.29) is 12.6 Å². The van der Waals surface area contributed by atoms with E-state index in [9.17, 15) is 5.11 Å². The van der Waals surface area contributed by atoms with Gasteiger partial charge in [0.05, 0.1) is 12.6 Å². The van der Waals surface area contributed by atoms with Crippen LogP contribution in [0, 0.1) is 5.92 Å². The summed E-state index contributed by atoms with van der Waals surface area (Å²) in [6.45, 7) is 1.21. The van der Waals surface area contributed by atoms with Crippen molar-refractivity contribution >= 4 is 11.8 Å². The van der Waals surface area contributed by atoms with Crippen LogP contribution in [-0.4, -0.2) is 24.5 Å². The van der Waals surface area contributed by atoms with Gasteiger partial charge in [-0.3, -0.25) is 0 Å². The summed E-state index contributed by atoms with van der Waals surface area (Å²) in [4.78, 5) is 1.27. The zero-order chi connectivity index (χ0) is 11.4. The van der Waals surface area contributed by atoms with Crippen molar-refractivity contribution in [1.82, 2.24) is 5.32 Å². The fourth-order valence-corrected chi connectivity index (χ4v) is 2.16. The molecule has 1 atom stereocenters. The van der Waals surface area contributed by atoms with Crippen molar-refractivity contribution in [3.8, 4) is 0 Å². The largest absolute Gasteiger partial charge is 0.394 e. The van der Waals surface area contributed by atoms with Crippen molar-refractivity contribution < 1.29 is 5.11 Å². The molecule has 1 aromatic rings. The molecule has 0 heterocycles. The molecule has 16 heavy (non-hydrogen) atoms. The molecular weight excluding hydrogens is 218 g/mol. The second kappa shape index (κ2) is 5.71. The number of benzene rings is 1. The van der Waals surface area contributed by atoms with Crippen LogP contribution in [0.4, 0.5) is 0 Å². The lowest BCUT2D eigenvalue weighted by Crippen LogP contribution is -2.26. The number of hydrogen-bond donors (Lipinski definition) is 2. The van der Waals surface area contributed by atoms with E-state index in [0.717, 1.165) is 12.5 Å². The second-order valence-electron chi connectivity index (χ2n) is 4.36. The van der Waals surface area contributed by atoms with Gasteiger partial charge < -0.3 is 10.4 Å². The second-order valence-corrected chi connectivity index (χ2v) is 5.24. The molecule has 0 aliphatic heterocycles. The van der Waals surface area contributed by atoms with E-state index in [1.807, 2.05) is 0 Å². The van der Waals surface area contributed by atoms with E-state index in [1.165, 1.54) is 23.3 Å². The van der Waals surface area contributed by atoms with Gasteiger partial charge in [0.25, 0.3) is 0 Å². The van der Waals surface area contributed by atoms with Crippen molar-refractivity contribution in [2.75, 3.05) is 19.4 Å². The fourth-order valence-electron chi connectivity index (χ4n) is 1.75. The lowest BCUT2D eigenvalue weighted by atomic mass is 10.1. The first-order valence-electron chi connectivity index (χ1n) is 5.81. The van der Waals surface area contributed by atoms with Gasteiger partial charge in [0.15, 0.2) is 0 Å². The standard InChI is InChI=1S/C13H19NOS/c1-16-12-6-4-11(5-7-12)13(9-15)14-8-10-2-3-10/h4-7,10,13-15H,2-3,8-9H2,1H3. The molecule has 1 aliphatic rings. The molecule has 0 aromatic heterocycles. The molecule has 1 aliphatic carbocycles. The number of thioether (sulfide) groups is 1. The summed E-state index contributed by atoms with van der Waals surface area (Å²) in [6.07, 6.45) is 4.76. The minimum atomic E-state index is 0.0940. The fraction of sp³-hybridized carbons (Fsp3) is 0.538. The zero-order valence-electron chi connectivity index (χ0n) is 9.65. The van der Waals surface area contributed by atoms with Crippen molar-refractivity contribution in [2.24, 2.45) is 5.92 Å². The molecule has 2 nitrogen and oxygen atoms in total. The molecular formula is C13H19NOS. The van der Waals surface area contributed by atoms with E-state index in [4.69, 9.17) is 0 Å². The highest BCUT2D eigenvalue weighted by atomic mass is 32.2. The number of rotatable bonds is 6. The Kier molecular flexibility index (Phi) is 4.27. The van der Waals surface area contributed by atoms with E-state index >= 15 is 0 Å². The van der Waals surface area contributed by atoms with Crippen LogP contribution < -0.4 is 5.32 Å².